The van der Waals surface area contributed by atoms with Gasteiger partial charge in [-0.2, -0.15) is 0 Å². The predicted octanol–water partition coefficient (Wildman–Crippen LogP) is 2.30. The van der Waals surface area contributed by atoms with E-state index in [0.717, 1.165) is 0 Å². The largest absolute Gasteiger partial charge is 0.388 e. The topological polar surface area (TPSA) is 37.3 Å². The molecule has 82 valence electrons. The molecular formula is C11H12ClFO2. The minimum absolute atomic E-state index is 0.0208. The predicted molar refractivity (Wildman–Crippen MR) is 56.3 cm³/mol. The van der Waals surface area contributed by atoms with Crippen molar-refractivity contribution in [2.24, 2.45) is 5.92 Å². The molecule has 0 saturated heterocycles. The monoisotopic (exact) mass is 230 g/mol. The summed E-state index contributed by atoms with van der Waals surface area (Å²) in [5.74, 6) is -1.31. The second kappa shape index (κ2) is 5.24. The highest BCUT2D eigenvalue weighted by atomic mass is 35.5. The Morgan fingerprint density at radius 3 is 2.73 bits per heavy atom. The van der Waals surface area contributed by atoms with E-state index in [2.05, 4.69) is 0 Å². The molecule has 1 N–H and O–H groups in total. The molecule has 0 aliphatic heterocycles. The van der Waals surface area contributed by atoms with Crippen LogP contribution in [-0.4, -0.2) is 16.8 Å². The number of hydrogen-bond acceptors (Lipinski definition) is 2. The van der Waals surface area contributed by atoms with Gasteiger partial charge in [-0.1, -0.05) is 12.1 Å². The van der Waals surface area contributed by atoms with Gasteiger partial charge in [0.05, 0.1) is 12.0 Å². The van der Waals surface area contributed by atoms with Crippen LogP contribution in [0.25, 0.3) is 0 Å². The molecule has 1 rings (SSSR count). The third-order valence-corrected chi connectivity index (χ3v) is 2.59. The van der Waals surface area contributed by atoms with Crippen molar-refractivity contribution in [3.8, 4) is 0 Å². The van der Waals surface area contributed by atoms with Crippen LogP contribution in [0.1, 0.15) is 18.6 Å². The Bertz CT molecular complexity index is 354. The molecule has 1 aromatic rings. The summed E-state index contributed by atoms with van der Waals surface area (Å²) in [6.07, 6.45) is -1.05. The molecular weight excluding hydrogens is 219 g/mol. The summed E-state index contributed by atoms with van der Waals surface area (Å²) >= 11 is 5.57. The third kappa shape index (κ3) is 3.01. The summed E-state index contributed by atoms with van der Waals surface area (Å²) in [6.45, 7) is 1.36. The maximum atomic E-state index is 12.9. The molecule has 1 aromatic carbocycles. The molecule has 0 amide bonds. The van der Waals surface area contributed by atoms with E-state index in [-0.39, 0.29) is 11.7 Å². The van der Waals surface area contributed by atoms with E-state index in [1.165, 1.54) is 25.1 Å². The van der Waals surface area contributed by atoms with Crippen molar-refractivity contribution in [3.63, 3.8) is 0 Å². The lowest BCUT2D eigenvalue weighted by molar-refractivity contribution is -0.123. The Morgan fingerprint density at radius 2 is 2.27 bits per heavy atom. The second-order valence-corrected chi connectivity index (χ2v) is 3.68. The van der Waals surface area contributed by atoms with Gasteiger partial charge < -0.3 is 5.11 Å². The molecule has 0 aliphatic rings. The zero-order valence-corrected chi connectivity index (χ0v) is 9.04. The van der Waals surface area contributed by atoms with E-state index in [9.17, 15) is 14.3 Å². The van der Waals surface area contributed by atoms with E-state index in [4.69, 9.17) is 11.6 Å². The maximum Gasteiger partial charge on any atom is 0.137 e. The lowest BCUT2D eigenvalue weighted by Crippen LogP contribution is -2.21. The summed E-state index contributed by atoms with van der Waals surface area (Å²) in [5.41, 5.74) is 0.371. The molecule has 0 radical (unpaired) electrons. The smallest absolute Gasteiger partial charge is 0.137 e. The van der Waals surface area contributed by atoms with Crippen LogP contribution < -0.4 is 0 Å². The highest BCUT2D eigenvalue weighted by Gasteiger charge is 2.24. The summed E-state index contributed by atoms with van der Waals surface area (Å²) < 4.78 is 12.9. The minimum Gasteiger partial charge on any atom is -0.388 e. The third-order valence-electron chi connectivity index (χ3n) is 2.26. The van der Waals surface area contributed by atoms with Crippen molar-refractivity contribution < 1.29 is 14.3 Å². The average molecular weight is 231 g/mol. The van der Waals surface area contributed by atoms with Crippen molar-refractivity contribution in [2.75, 3.05) is 5.88 Å². The summed E-state index contributed by atoms with van der Waals surface area (Å²) in [6, 6.07) is 5.53. The normalized spacial score (nSPS) is 14.7. The first kappa shape index (κ1) is 12.1. The van der Waals surface area contributed by atoms with Crippen LogP contribution in [0.5, 0.6) is 0 Å². The van der Waals surface area contributed by atoms with Crippen molar-refractivity contribution >= 4 is 17.4 Å². The zero-order valence-electron chi connectivity index (χ0n) is 8.28. The molecule has 0 saturated carbocycles. The quantitative estimate of drug-likeness (QED) is 0.806. The number of alkyl halides is 1. The maximum absolute atomic E-state index is 12.9. The molecule has 0 bridgehead atoms. The van der Waals surface area contributed by atoms with E-state index >= 15 is 0 Å². The average Bonchev–Trinajstić information content (AvgIpc) is 2.18. The lowest BCUT2D eigenvalue weighted by Gasteiger charge is -2.18. The highest BCUT2D eigenvalue weighted by molar-refractivity contribution is 6.19. The van der Waals surface area contributed by atoms with Gasteiger partial charge in [-0.15, -0.1) is 11.6 Å². The van der Waals surface area contributed by atoms with Crippen LogP contribution in [0.3, 0.4) is 0 Å². The first-order valence-electron chi connectivity index (χ1n) is 4.56. The molecule has 2 atom stereocenters. The molecule has 0 spiro atoms. The first-order chi connectivity index (χ1) is 7.06. The molecule has 4 heteroatoms. The van der Waals surface area contributed by atoms with E-state index in [1.54, 1.807) is 6.07 Å². The Labute approximate surface area is 92.7 Å². The second-order valence-electron chi connectivity index (χ2n) is 3.37. The van der Waals surface area contributed by atoms with Crippen LogP contribution in [-0.2, 0) is 4.79 Å². The number of Topliss-reactive ketones (excluding diaryl/α,β-unsaturated/α-hetero) is 1. The molecule has 0 aliphatic carbocycles. The first-order valence-corrected chi connectivity index (χ1v) is 5.09. The van der Waals surface area contributed by atoms with Gasteiger partial charge in [0.2, 0.25) is 0 Å². The summed E-state index contributed by atoms with van der Waals surface area (Å²) in [4.78, 5) is 11.1. The summed E-state index contributed by atoms with van der Waals surface area (Å²) in [5, 5.41) is 9.80. The molecule has 0 unspecified atom stereocenters. The van der Waals surface area contributed by atoms with Gasteiger partial charge in [-0.3, -0.25) is 4.79 Å². The van der Waals surface area contributed by atoms with Crippen LogP contribution in [0.15, 0.2) is 24.3 Å². The Kier molecular flexibility index (Phi) is 4.24. The van der Waals surface area contributed by atoms with Crippen molar-refractivity contribution in [2.45, 2.75) is 13.0 Å². The van der Waals surface area contributed by atoms with Crippen LogP contribution in [0, 0.1) is 11.7 Å². The van der Waals surface area contributed by atoms with E-state index in [1.807, 2.05) is 0 Å². The van der Waals surface area contributed by atoms with Gasteiger partial charge in [-0.05, 0) is 24.6 Å². The number of carbonyl (C=O) groups is 1. The minimum atomic E-state index is -1.05. The SMILES string of the molecule is CC(=O)[C@@H](CCl)[C@H](O)c1cccc(F)c1. The number of rotatable bonds is 4. The number of aliphatic hydroxyl groups is 1. The lowest BCUT2D eigenvalue weighted by atomic mass is 9.94. The fourth-order valence-electron chi connectivity index (χ4n) is 1.34. The van der Waals surface area contributed by atoms with Crippen molar-refractivity contribution in [1.82, 2.24) is 0 Å². The fourth-order valence-corrected chi connectivity index (χ4v) is 1.72. The van der Waals surface area contributed by atoms with Gasteiger partial charge in [0.25, 0.3) is 0 Å². The van der Waals surface area contributed by atoms with Crippen LogP contribution in [0.2, 0.25) is 0 Å². The summed E-state index contributed by atoms with van der Waals surface area (Å²) in [7, 11) is 0. The Morgan fingerprint density at radius 1 is 1.60 bits per heavy atom. The number of ketones is 1. The highest BCUT2D eigenvalue weighted by Crippen LogP contribution is 2.24. The number of halogens is 2. The van der Waals surface area contributed by atoms with Gasteiger partial charge in [0.15, 0.2) is 0 Å². The van der Waals surface area contributed by atoms with Crippen LogP contribution in [0.4, 0.5) is 4.39 Å². The fraction of sp³-hybridized carbons (Fsp3) is 0.364. The van der Waals surface area contributed by atoms with Gasteiger partial charge in [0, 0.05) is 5.88 Å². The zero-order chi connectivity index (χ0) is 11.4. The van der Waals surface area contributed by atoms with Crippen molar-refractivity contribution in [1.29, 1.82) is 0 Å². The molecule has 2 nitrogen and oxygen atoms in total. The Balaban J connectivity index is 2.92. The molecule has 0 aromatic heterocycles. The van der Waals surface area contributed by atoms with Crippen LogP contribution >= 0.6 is 11.6 Å². The standard InChI is InChI=1S/C11H12ClFO2/c1-7(14)10(6-12)11(15)8-3-2-4-9(13)5-8/h2-5,10-11,15H,6H2,1H3/t10-,11-/m1/s1. The van der Waals surface area contributed by atoms with E-state index in [0.29, 0.717) is 5.56 Å². The van der Waals surface area contributed by atoms with Gasteiger partial charge in [-0.25, -0.2) is 4.39 Å². The van der Waals surface area contributed by atoms with Gasteiger partial charge in [0.1, 0.15) is 11.6 Å². The number of benzene rings is 1. The molecule has 0 fully saturated rings. The number of carbonyl (C=O) groups excluding carboxylic acids is 1. The van der Waals surface area contributed by atoms with E-state index < -0.39 is 17.8 Å². The number of aliphatic hydroxyl groups excluding tert-OH is 1. The molecule has 0 heterocycles. The van der Waals surface area contributed by atoms with Crippen molar-refractivity contribution in [3.05, 3.63) is 35.6 Å². The Hall–Kier alpha value is -0.930. The van der Waals surface area contributed by atoms with Gasteiger partial charge >= 0.3 is 0 Å². The number of hydrogen-bond donors (Lipinski definition) is 1. The molecule has 15 heavy (non-hydrogen) atoms.